The molecule has 1 aromatic carbocycles. The first kappa shape index (κ1) is 22.1. The van der Waals surface area contributed by atoms with E-state index >= 15 is 0 Å². The van der Waals surface area contributed by atoms with Crippen LogP contribution in [0.5, 0.6) is 0 Å². The van der Waals surface area contributed by atoms with E-state index in [1.165, 1.54) is 34.8 Å². The van der Waals surface area contributed by atoms with Gasteiger partial charge in [-0.2, -0.15) is 13.2 Å². The van der Waals surface area contributed by atoms with E-state index in [9.17, 15) is 23.1 Å². The van der Waals surface area contributed by atoms with Gasteiger partial charge in [-0.05, 0) is 24.6 Å². The lowest BCUT2D eigenvalue weighted by Crippen LogP contribution is -2.50. The molecule has 0 aliphatic carbocycles. The van der Waals surface area contributed by atoms with Gasteiger partial charge in [0, 0.05) is 30.9 Å². The first-order valence-electron chi connectivity index (χ1n) is 9.66. The summed E-state index contributed by atoms with van der Waals surface area (Å²) in [6.45, 7) is 3.50. The molecule has 3 heterocycles. The lowest BCUT2D eigenvalue weighted by molar-refractivity contribution is -0.137. The third-order valence-electron chi connectivity index (χ3n) is 5.19. The molecule has 31 heavy (non-hydrogen) atoms. The zero-order chi connectivity index (χ0) is 22.2. The molecule has 1 aliphatic rings. The van der Waals surface area contributed by atoms with E-state index < -0.39 is 11.7 Å². The molecule has 1 N–H and O–H groups in total. The van der Waals surface area contributed by atoms with Crippen LogP contribution in [0, 0.1) is 12.8 Å². The summed E-state index contributed by atoms with van der Waals surface area (Å²) in [4.78, 5) is 24.4. The van der Waals surface area contributed by atoms with E-state index in [4.69, 9.17) is 0 Å². The van der Waals surface area contributed by atoms with Gasteiger partial charge in [0.2, 0.25) is 0 Å². The number of benzene rings is 1. The van der Waals surface area contributed by atoms with Gasteiger partial charge < -0.3 is 5.11 Å². The second-order valence-electron chi connectivity index (χ2n) is 7.54. The monoisotopic (exact) mass is 467 g/mol. The molecule has 0 bridgehead atoms. The third-order valence-corrected chi connectivity index (χ3v) is 7.20. The van der Waals surface area contributed by atoms with E-state index in [1.807, 2.05) is 12.3 Å². The minimum absolute atomic E-state index is 0.0760. The molecule has 0 spiro atoms. The van der Waals surface area contributed by atoms with E-state index in [2.05, 4.69) is 14.9 Å². The zero-order valence-electron chi connectivity index (χ0n) is 16.6. The normalized spacial score (nSPS) is 15.3. The lowest BCUT2D eigenvalue weighted by atomic mass is 9.93. The third kappa shape index (κ3) is 5.03. The van der Waals surface area contributed by atoms with Gasteiger partial charge in [-0.25, -0.2) is 9.97 Å². The molecular formula is C21H20F3N3O2S2. The van der Waals surface area contributed by atoms with Crippen molar-refractivity contribution in [3.8, 4) is 10.6 Å². The van der Waals surface area contributed by atoms with Crippen molar-refractivity contribution >= 4 is 28.5 Å². The van der Waals surface area contributed by atoms with Crippen molar-refractivity contribution in [1.29, 1.82) is 0 Å². The van der Waals surface area contributed by atoms with Crippen molar-refractivity contribution in [2.45, 2.75) is 32.7 Å². The molecule has 3 aromatic rings. The fourth-order valence-corrected chi connectivity index (χ4v) is 5.26. The van der Waals surface area contributed by atoms with Gasteiger partial charge in [0.15, 0.2) is 0 Å². The number of aromatic nitrogens is 2. The number of carbonyl (C=O) groups is 1. The molecule has 0 amide bonds. The predicted octanol–water partition coefficient (Wildman–Crippen LogP) is 4.33. The molecular weight excluding hydrogens is 447 g/mol. The Kier molecular flexibility index (Phi) is 6.25. The Balaban J connectivity index is 1.28. The van der Waals surface area contributed by atoms with Crippen LogP contribution in [0.4, 0.5) is 13.2 Å². The van der Waals surface area contributed by atoms with Crippen LogP contribution in [-0.2, 0) is 30.5 Å². The van der Waals surface area contributed by atoms with Crippen molar-refractivity contribution in [3.63, 3.8) is 0 Å². The second kappa shape index (κ2) is 8.78. The van der Waals surface area contributed by atoms with Crippen molar-refractivity contribution in [3.05, 3.63) is 56.5 Å². The van der Waals surface area contributed by atoms with Crippen molar-refractivity contribution in [2.24, 2.45) is 5.92 Å². The average molecular weight is 468 g/mol. The SMILES string of the molecule is Cc1nc(CO)sc1-c1csc(CC(=O)C2CN(Cc3ccc(C(F)(F)F)cc3)C2)n1. The molecule has 1 fully saturated rings. The highest BCUT2D eigenvalue weighted by Gasteiger charge is 2.33. The van der Waals surface area contributed by atoms with Crippen molar-refractivity contribution < 1.29 is 23.1 Å². The highest BCUT2D eigenvalue weighted by molar-refractivity contribution is 7.16. The number of ketones is 1. The summed E-state index contributed by atoms with van der Waals surface area (Å²) in [7, 11) is 0. The number of hydrogen-bond donors (Lipinski definition) is 1. The van der Waals surface area contributed by atoms with Gasteiger partial charge in [0.25, 0.3) is 0 Å². The maximum atomic E-state index is 12.6. The zero-order valence-corrected chi connectivity index (χ0v) is 18.3. The molecule has 10 heteroatoms. The summed E-state index contributed by atoms with van der Waals surface area (Å²) in [5, 5.41) is 12.5. The van der Waals surface area contributed by atoms with Gasteiger partial charge in [0.05, 0.1) is 34.9 Å². The maximum absolute atomic E-state index is 12.6. The van der Waals surface area contributed by atoms with E-state index in [0.29, 0.717) is 24.6 Å². The standard InChI is InChI=1S/C21H20F3N3O2S2/c1-12-20(31-19(10-28)25-12)16-11-30-18(26-16)6-17(29)14-8-27(9-14)7-13-2-4-15(5-3-13)21(22,23)24/h2-5,11,14,28H,6-10H2,1H3. The number of carbonyl (C=O) groups excluding carboxylic acids is 1. The Morgan fingerprint density at radius 1 is 1.19 bits per heavy atom. The summed E-state index contributed by atoms with van der Waals surface area (Å²) in [5.41, 5.74) is 1.73. The predicted molar refractivity (Wildman–Crippen MR) is 113 cm³/mol. The van der Waals surface area contributed by atoms with Gasteiger partial charge in [-0.15, -0.1) is 22.7 Å². The molecule has 0 radical (unpaired) electrons. The van der Waals surface area contributed by atoms with Crippen LogP contribution in [0.15, 0.2) is 29.6 Å². The molecule has 1 saturated heterocycles. The van der Waals surface area contributed by atoms with Gasteiger partial charge in [-0.1, -0.05) is 12.1 Å². The van der Waals surface area contributed by atoms with Gasteiger partial charge in [0.1, 0.15) is 15.8 Å². The minimum atomic E-state index is -4.33. The second-order valence-corrected chi connectivity index (χ2v) is 9.56. The molecule has 5 nitrogen and oxygen atoms in total. The summed E-state index contributed by atoms with van der Waals surface area (Å²) >= 11 is 2.84. The number of aliphatic hydroxyl groups excluding tert-OH is 1. The van der Waals surface area contributed by atoms with Crippen LogP contribution >= 0.6 is 22.7 Å². The van der Waals surface area contributed by atoms with Crippen molar-refractivity contribution in [2.75, 3.05) is 13.1 Å². The Morgan fingerprint density at radius 2 is 1.90 bits per heavy atom. The van der Waals surface area contributed by atoms with Crippen LogP contribution in [0.25, 0.3) is 10.6 Å². The Morgan fingerprint density at radius 3 is 2.52 bits per heavy atom. The Hall–Kier alpha value is -2.14. The van der Waals surface area contributed by atoms with Crippen LogP contribution in [0.1, 0.15) is 26.8 Å². The van der Waals surface area contributed by atoms with Gasteiger partial charge >= 0.3 is 6.18 Å². The molecule has 0 atom stereocenters. The van der Waals surface area contributed by atoms with E-state index in [0.717, 1.165) is 39.0 Å². The quantitative estimate of drug-likeness (QED) is 0.560. The number of halogens is 3. The number of rotatable bonds is 7. The first-order valence-corrected chi connectivity index (χ1v) is 11.4. The average Bonchev–Trinajstić information content (AvgIpc) is 3.29. The molecule has 4 rings (SSSR count). The number of likely N-dealkylation sites (tertiary alicyclic amines) is 1. The molecule has 0 saturated carbocycles. The summed E-state index contributed by atoms with van der Waals surface area (Å²) in [6.07, 6.45) is -4.06. The van der Waals surface area contributed by atoms with E-state index in [-0.39, 0.29) is 24.7 Å². The van der Waals surface area contributed by atoms with Crippen LogP contribution in [0.2, 0.25) is 0 Å². The number of aryl methyl sites for hydroxylation is 1. The Labute approximate surface area is 185 Å². The summed E-state index contributed by atoms with van der Waals surface area (Å²) < 4.78 is 37.9. The molecule has 0 unspecified atom stereocenters. The summed E-state index contributed by atoms with van der Waals surface area (Å²) in [6, 6.07) is 5.15. The Bertz CT molecular complexity index is 1070. The fraction of sp³-hybridized carbons (Fsp3) is 0.381. The van der Waals surface area contributed by atoms with Crippen LogP contribution in [-0.4, -0.2) is 38.8 Å². The number of hydrogen-bond acceptors (Lipinski definition) is 7. The molecule has 1 aliphatic heterocycles. The lowest BCUT2D eigenvalue weighted by Gasteiger charge is -2.38. The fourth-order valence-electron chi connectivity index (χ4n) is 3.51. The van der Waals surface area contributed by atoms with Crippen LogP contribution < -0.4 is 0 Å². The minimum Gasteiger partial charge on any atom is -0.389 e. The summed E-state index contributed by atoms with van der Waals surface area (Å²) in [5.74, 6) is 0.0505. The van der Waals surface area contributed by atoms with Crippen molar-refractivity contribution in [1.82, 2.24) is 14.9 Å². The largest absolute Gasteiger partial charge is 0.416 e. The van der Waals surface area contributed by atoms with E-state index in [1.54, 1.807) is 0 Å². The topological polar surface area (TPSA) is 66.3 Å². The number of Topliss-reactive ketones (excluding diaryl/α,β-unsaturated/α-hetero) is 1. The van der Waals surface area contributed by atoms with Crippen LogP contribution in [0.3, 0.4) is 0 Å². The highest BCUT2D eigenvalue weighted by atomic mass is 32.1. The maximum Gasteiger partial charge on any atom is 0.416 e. The first-order chi connectivity index (χ1) is 14.7. The molecule has 164 valence electrons. The number of alkyl halides is 3. The number of nitrogens with zero attached hydrogens (tertiary/aromatic N) is 3. The number of thiazole rings is 2. The molecule has 2 aromatic heterocycles. The highest BCUT2D eigenvalue weighted by Crippen LogP contribution is 2.32. The number of aliphatic hydroxyl groups is 1. The van der Waals surface area contributed by atoms with Gasteiger partial charge in [-0.3, -0.25) is 9.69 Å². The smallest absolute Gasteiger partial charge is 0.389 e.